The smallest absolute Gasteiger partial charge is 0.416 e. The molecule has 1 N–H and O–H groups in total. The first-order chi connectivity index (χ1) is 9.41. The molecule has 20 heavy (non-hydrogen) atoms. The Balaban J connectivity index is 2.22. The molecule has 1 aromatic heterocycles. The second-order valence-electron chi connectivity index (χ2n) is 3.97. The zero-order valence-electron chi connectivity index (χ0n) is 10.5. The van der Waals surface area contributed by atoms with Gasteiger partial charge in [0.15, 0.2) is 5.69 Å². The Labute approximate surface area is 112 Å². The molecule has 0 unspecified atom stereocenters. The largest absolute Gasteiger partial charge is 0.444 e. The molecular formula is C13H11F3N2O2. The highest BCUT2D eigenvalue weighted by molar-refractivity contribution is 5.92. The number of benzene rings is 1. The Bertz CT molecular complexity index is 603. The number of rotatable bonds is 3. The van der Waals surface area contributed by atoms with Gasteiger partial charge >= 0.3 is 6.18 Å². The minimum Gasteiger partial charge on any atom is -0.444 e. The zero-order valence-corrected chi connectivity index (χ0v) is 10.5. The zero-order chi connectivity index (χ0) is 14.8. The topological polar surface area (TPSA) is 55.1 Å². The van der Waals surface area contributed by atoms with Crippen LogP contribution in [0.5, 0.6) is 0 Å². The van der Waals surface area contributed by atoms with Crippen molar-refractivity contribution in [3.8, 4) is 11.5 Å². The summed E-state index contributed by atoms with van der Waals surface area (Å²) in [6, 6.07) is 4.36. The van der Waals surface area contributed by atoms with Crippen molar-refractivity contribution in [1.82, 2.24) is 10.3 Å². The van der Waals surface area contributed by atoms with Crippen molar-refractivity contribution in [2.45, 2.75) is 13.1 Å². The molecule has 0 atom stereocenters. The van der Waals surface area contributed by atoms with Crippen molar-refractivity contribution in [2.24, 2.45) is 0 Å². The van der Waals surface area contributed by atoms with Crippen molar-refractivity contribution in [3.63, 3.8) is 0 Å². The quantitative estimate of drug-likeness (QED) is 0.942. The van der Waals surface area contributed by atoms with Crippen LogP contribution in [0.2, 0.25) is 0 Å². The fourth-order valence-corrected chi connectivity index (χ4v) is 1.56. The maximum absolute atomic E-state index is 12.4. The molecule has 0 saturated carbocycles. The number of halogens is 3. The van der Waals surface area contributed by atoms with Crippen LogP contribution in [0.1, 0.15) is 23.0 Å². The van der Waals surface area contributed by atoms with Gasteiger partial charge in [-0.2, -0.15) is 13.2 Å². The van der Waals surface area contributed by atoms with Crippen LogP contribution in [0.3, 0.4) is 0 Å². The maximum atomic E-state index is 12.4. The molecule has 1 amide bonds. The molecule has 0 saturated heterocycles. The van der Waals surface area contributed by atoms with E-state index in [0.29, 0.717) is 12.1 Å². The molecule has 0 aliphatic carbocycles. The Morgan fingerprint density at radius 1 is 1.30 bits per heavy atom. The van der Waals surface area contributed by atoms with Crippen molar-refractivity contribution < 1.29 is 22.4 Å². The van der Waals surface area contributed by atoms with E-state index in [-0.39, 0.29) is 11.6 Å². The highest BCUT2D eigenvalue weighted by Crippen LogP contribution is 2.30. The minimum absolute atomic E-state index is 0.0850. The lowest BCUT2D eigenvalue weighted by molar-refractivity contribution is -0.137. The first kappa shape index (κ1) is 14.1. The summed E-state index contributed by atoms with van der Waals surface area (Å²) >= 11 is 0. The van der Waals surface area contributed by atoms with Gasteiger partial charge in [0.25, 0.3) is 5.91 Å². The van der Waals surface area contributed by atoms with Gasteiger partial charge in [-0.1, -0.05) is 0 Å². The lowest BCUT2D eigenvalue weighted by Gasteiger charge is -2.05. The second-order valence-corrected chi connectivity index (χ2v) is 3.97. The fraction of sp³-hybridized carbons (Fsp3) is 0.231. The lowest BCUT2D eigenvalue weighted by atomic mass is 10.1. The van der Waals surface area contributed by atoms with Gasteiger partial charge < -0.3 is 9.73 Å². The van der Waals surface area contributed by atoms with Gasteiger partial charge in [0.2, 0.25) is 5.89 Å². The van der Waals surface area contributed by atoms with E-state index >= 15 is 0 Å². The number of oxazole rings is 1. The summed E-state index contributed by atoms with van der Waals surface area (Å²) in [6.07, 6.45) is -3.22. The van der Waals surface area contributed by atoms with Gasteiger partial charge in [-0.25, -0.2) is 4.98 Å². The van der Waals surface area contributed by atoms with E-state index in [4.69, 9.17) is 4.42 Å². The predicted octanol–water partition coefficient (Wildman–Crippen LogP) is 3.11. The van der Waals surface area contributed by atoms with Gasteiger partial charge in [0.05, 0.1) is 5.56 Å². The molecule has 0 aliphatic heterocycles. The minimum atomic E-state index is -4.39. The summed E-state index contributed by atoms with van der Waals surface area (Å²) in [5, 5.41) is 2.55. The van der Waals surface area contributed by atoms with E-state index in [9.17, 15) is 18.0 Å². The molecular weight excluding hydrogens is 273 g/mol. The van der Waals surface area contributed by atoms with E-state index in [1.165, 1.54) is 12.1 Å². The van der Waals surface area contributed by atoms with Crippen LogP contribution in [-0.4, -0.2) is 17.4 Å². The molecule has 4 nitrogen and oxygen atoms in total. The molecule has 2 rings (SSSR count). The summed E-state index contributed by atoms with van der Waals surface area (Å²) in [5.74, 6) is -0.297. The van der Waals surface area contributed by atoms with E-state index < -0.39 is 17.6 Å². The number of nitrogens with one attached hydrogen (secondary N) is 1. The highest BCUT2D eigenvalue weighted by atomic mass is 19.4. The van der Waals surface area contributed by atoms with Crippen LogP contribution >= 0.6 is 0 Å². The SMILES string of the molecule is CCNC(=O)c1coc(-c2ccc(C(F)(F)F)cc2)n1. The predicted molar refractivity (Wildman–Crippen MR) is 64.9 cm³/mol. The molecule has 0 radical (unpaired) electrons. The Morgan fingerprint density at radius 2 is 1.95 bits per heavy atom. The number of carbonyl (C=O) groups is 1. The van der Waals surface area contributed by atoms with Gasteiger partial charge in [-0.05, 0) is 31.2 Å². The molecule has 0 bridgehead atoms. The summed E-state index contributed by atoms with van der Waals surface area (Å²) < 4.78 is 42.4. The van der Waals surface area contributed by atoms with Crippen molar-refractivity contribution in [2.75, 3.05) is 6.54 Å². The number of amides is 1. The third kappa shape index (κ3) is 2.98. The van der Waals surface area contributed by atoms with Crippen LogP contribution in [0, 0.1) is 0 Å². The third-order valence-electron chi connectivity index (χ3n) is 2.53. The van der Waals surface area contributed by atoms with E-state index in [0.717, 1.165) is 18.4 Å². The molecule has 0 spiro atoms. The summed E-state index contributed by atoms with van der Waals surface area (Å²) in [5.41, 5.74) is -0.299. The fourth-order valence-electron chi connectivity index (χ4n) is 1.56. The average Bonchev–Trinajstić information content (AvgIpc) is 2.88. The van der Waals surface area contributed by atoms with E-state index in [2.05, 4.69) is 10.3 Å². The standard InChI is InChI=1S/C13H11F3N2O2/c1-2-17-11(19)10-7-20-12(18-10)8-3-5-9(6-4-8)13(14,15)16/h3-7H,2H2,1H3,(H,17,19). The molecule has 2 aromatic rings. The van der Waals surface area contributed by atoms with Gasteiger partial charge in [0, 0.05) is 12.1 Å². The normalized spacial score (nSPS) is 11.4. The Kier molecular flexibility index (Phi) is 3.78. The van der Waals surface area contributed by atoms with Gasteiger partial charge in [-0.3, -0.25) is 4.79 Å². The molecule has 1 aromatic carbocycles. The number of carbonyl (C=O) groups excluding carboxylic acids is 1. The monoisotopic (exact) mass is 284 g/mol. The molecule has 1 heterocycles. The summed E-state index contributed by atoms with van der Waals surface area (Å²) in [6.45, 7) is 2.20. The van der Waals surface area contributed by atoms with Crippen LogP contribution in [0.25, 0.3) is 11.5 Å². The Hall–Kier alpha value is -2.31. The summed E-state index contributed by atoms with van der Waals surface area (Å²) in [4.78, 5) is 15.4. The Morgan fingerprint density at radius 3 is 2.50 bits per heavy atom. The number of hydrogen-bond acceptors (Lipinski definition) is 3. The maximum Gasteiger partial charge on any atom is 0.416 e. The number of nitrogens with zero attached hydrogens (tertiary/aromatic N) is 1. The second kappa shape index (κ2) is 5.36. The van der Waals surface area contributed by atoms with Crippen LogP contribution in [-0.2, 0) is 6.18 Å². The molecule has 0 fully saturated rings. The molecule has 106 valence electrons. The molecule has 0 aliphatic rings. The number of alkyl halides is 3. The van der Waals surface area contributed by atoms with E-state index in [1.807, 2.05) is 0 Å². The number of aromatic nitrogens is 1. The van der Waals surface area contributed by atoms with Gasteiger partial charge in [0.1, 0.15) is 6.26 Å². The van der Waals surface area contributed by atoms with Crippen LogP contribution < -0.4 is 5.32 Å². The molecule has 7 heteroatoms. The van der Waals surface area contributed by atoms with Crippen LogP contribution in [0.4, 0.5) is 13.2 Å². The summed E-state index contributed by atoms with van der Waals surface area (Å²) in [7, 11) is 0. The van der Waals surface area contributed by atoms with E-state index in [1.54, 1.807) is 6.92 Å². The van der Waals surface area contributed by atoms with Crippen molar-refractivity contribution in [3.05, 3.63) is 41.8 Å². The third-order valence-corrected chi connectivity index (χ3v) is 2.53. The van der Waals surface area contributed by atoms with Crippen molar-refractivity contribution >= 4 is 5.91 Å². The lowest BCUT2D eigenvalue weighted by Crippen LogP contribution is -2.22. The average molecular weight is 284 g/mol. The highest BCUT2D eigenvalue weighted by Gasteiger charge is 2.30. The number of hydrogen-bond donors (Lipinski definition) is 1. The van der Waals surface area contributed by atoms with Crippen LogP contribution in [0.15, 0.2) is 34.9 Å². The van der Waals surface area contributed by atoms with Crippen molar-refractivity contribution in [1.29, 1.82) is 0 Å². The first-order valence-electron chi connectivity index (χ1n) is 5.83. The first-order valence-corrected chi connectivity index (χ1v) is 5.83. The van der Waals surface area contributed by atoms with Gasteiger partial charge in [-0.15, -0.1) is 0 Å².